The maximum Gasteiger partial charge on any atom is 0.159 e. The summed E-state index contributed by atoms with van der Waals surface area (Å²) in [4.78, 5) is 8.43. The van der Waals surface area contributed by atoms with Crippen molar-refractivity contribution in [3.05, 3.63) is 59.8 Å². The largest absolute Gasteiger partial charge is 0.467 e. The van der Waals surface area contributed by atoms with Gasteiger partial charge in [-0.05, 0) is 43.2 Å². The molecule has 0 fully saturated rings. The Kier molecular flexibility index (Phi) is 4.14. The number of nitrogen functional groups attached to an aromatic ring is 1. The Labute approximate surface area is 134 Å². The standard InChI is InChI=1S/C17H19N5O/c1-11-5-6-12(2)14(8-11)22-17-15(18)16(20-10-21-17)19-9-13-4-3-7-23-13/h3-8,10H,9,18H2,1-2H3,(H2,19,20,21,22). The van der Waals surface area contributed by atoms with Crippen molar-refractivity contribution in [2.75, 3.05) is 16.4 Å². The van der Waals surface area contributed by atoms with Crippen LogP contribution < -0.4 is 16.4 Å². The maximum absolute atomic E-state index is 6.18. The molecule has 3 rings (SSSR count). The number of benzene rings is 1. The van der Waals surface area contributed by atoms with Crippen LogP contribution in [0.5, 0.6) is 0 Å². The molecule has 23 heavy (non-hydrogen) atoms. The van der Waals surface area contributed by atoms with E-state index in [1.807, 2.05) is 26.0 Å². The van der Waals surface area contributed by atoms with E-state index in [9.17, 15) is 0 Å². The molecule has 0 saturated carbocycles. The van der Waals surface area contributed by atoms with Crippen molar-refractivity contribution >= 4 is 23.0 Å². The predicted octanol–water partition coefficient (Wildman–Crippen LogP) is 3.62. The minimum atomic E-state index is 0.472. The van der Waals surface area contributed by atoms with Crippen LogP contribution in [0.1, 0.15) is 16.9 Å². The average molecular weight is 309 g/mol. The summed E-state index contributed by atoms with van der Waals surface area (Å²) < 4.78 is 5.29. The number of hydrogen-bond donors (Lipinski definition) is 3. The molecular formula is C17H19N5O. The van der Waals surface area contributed by atoms with Gasteiger partial charge in [0, 0.05) is 5.69 Å². The van der Waals surface area contributed by atoms with Crippen LogP contribution in [0.25, 0.3) is 0 Å². The minimum absolute atomic E-state index is 0.472. The lowest BCUT2D eigenvalue weighted by molar-refractivity contribution is 0.518. The molecule has 0 bridgehead atoms. The monoisotopic (exact) mass is 309 g/mol. The van der Waals surface area contributed by atoms with E-state index >= 15 is 0 Å². The van der Waals surface area contributed by atoms with Gasteiger partial charge in [0.2, 0.25) is 0 Å². The molecule has 0 aliphatic carbocycles. The van der Waals surface area contributed by atoms with E-state index in [0.717, 1.165) is 17.0 Å². The van der Waals surface area contributed by atoms with Crippen molar-refractivity contribution in [2.45, 2.75) is 20.4 Å². The van der Waals surface area contributed by atoms with Crippen LogP contribution in [-0.4, -0.2) is 9.97 Å². The SMILES string of the molecule is Cc1ccc(C)c(Nc2ncnc(NCc3ccco3)c2N)c1. The van der Waals surface area contributed by atoms with Crippen LogP contribution in [0, 0.1) is 13.8 Å². The second-order valence-electron chi connectivity index (χ2n) is 5.36. The lowest BCUT2D eigenvalue weighted by Crippen LogP contribution is -2.08. The summed E-state index contributed by atoms with van der Waals surface area (Å²) in [5, 5.41) is 6.43. The van der Waals surface area contributed by atoms with Gasteiger partial charge in [-0.1, -0.05) is 12.1 Å². The average Bonchev–Trinajstić information content (AvgIpc) is 3.05. The number of anilines is 4. The van der Waals surface area contributed by atoms with E-state index in [1.165, 1.54) is 11.9 Å². The van der Waals surface area contributed by atoms with Crippen LogP contribution in [-0.2, 0) is 6.54 Å². The van der Waals surface area contributed by atoms with E-state index in [1.54, 1.807) is 6.26 Å². The molecular weight excluding hydrogens is 290 g/mol. The summed E-state index contributed by atoms with van der Waals surface area (Å²) >= 11 is 0. The Morgan fingerprint density at radius 3 is 2.74 bits per heavy atom. The van der Waals surface area contributed by atoms with Crippen LogP contribution in [0.4, 0.5) is 23.0 Å². The molecule has 1 aromatic carbocycles. The van der Waals surface area contributed by atoms with Gasteiger partial charge in [0.05, 0.1) is 12.8 Å². The molecule has 4 N–H and O–H groups in total. The van der Waals surface area contributed by atoms with Crippen molar-refractivity contribution < 1.29 is 4.42 Å². The highest BCUT2D eigenvalue weighted by atomic mass is 16.3. The van der Waals surface area contributed by atoms with E-state index < -0.39 is 0 Å². The first-order valence-corrected chi connectivity index (χ1v) is 7.34. The van der Waals surface area contributed by atoms with E-state index in [0.29, 0.717) is 23.9 Å². The van der Waals surface area contributed by atoms with Crippen molar-refractivity contribution in [1.29, 1.82) is 0 Å². The van der Waals surface area contributed by atoms with Crippen LogP contribution in [0.15, 0.2) is 47.3 Å². The summed E-state index contributed by atoms with van der Waals surface area (Å²) in [5.74, 6) is 1.96. The van der Waals surface area contributed by atoms with Gasteiger partial charge < -0.3 is 20.8 Å². The Bertz CT molecular complexity index is 799. The molecule has 0 aliphatic heterocycles. The second kappa shape index (κ2) is 6.39. The number of furan rings is 1. The van der Waals surface area contributed by atoms with Crippen molar-refractivity contribution in [1.82, 2.24) is 9.97 Å². The highest BCUT2D eigenvalue weighted by Gasteiger charge is 2.10. The molecule has 6 nitrogen and oxygen atoms in total. The van der Waals surface area contributed by atoms with E-state index in [2.05, 4.69) is 38.8 Å². The van der Waals surface area contributed by atoms with Crippen molar-refractivity contribution in [3.8, 4) is 0 Å². The van der Waals surface area contributed by atoms with Gasteiger partial charge in [0.1, 0.15) is 17.8 Å². The smallest absolute Gasteiger partial charge is 0.159 e. The topological polar surface area (TPSA) is 89.0 Å². The van der Waals surface area contributed by atoms with Crippen molar-refractivity contribution in [3.63, 3.8) is 0 Å². The number of nitrogens with two attached hydrogens (primary N) is 1. The van der Waals surface area contributed by atoms with Gasteiger partial charge in [0.25, 0.3) is 0 Å². The third-order valence-electron chi connectivity index (χ3n) is 3.54. The van der Waals surface area contributed by atoms with Crippen LogP contribution >= 0.6 is 0 Å². The lowest BCUT2D eigenvalue weighted by Gasteiger charge is -2.14. The summed E-state index contributed by atoms with van der Waals surface area (Å²) in [6, 6.07) is 9.92. The molecule has 0 aliphatic rings. The lowest BCUT2D eigenvalue weighted by atomic mass is 10.1. The first-order valence-electron chi connectivity index (χ1n) is 7.34. The van der Waals surface area contributed by atoms with Gasteiger partial charge in [-0.15, -0.1) is 0 Å². The molecule has 2 aromatic heterocycles. The normalized spacial score (nSPS) is 10.5. The molecule has 6 heteroatoms. The fourth-order valence-electron chi connectivity index (χ4n) is 2.22. The molecule has 0 unspecified atom stereocenters. The third-order valence-corrected chi connectivity index (χ3v) is 3.54. The Hall–Kier alpha value is -3.02. The number of nitrogens with zero attached hydrogens (tertiary/aromatic N) is 2. The second-order valence-corrected chi connectivity index (χ2v) is 5.36. The third kappa shape index (κ3) is 3.42. The number of hydrogen-bond acceptors (Lipinski definition) is 6. The van der Waals surface area contributed by atoms with Gasteiger partial charge >= 0.3 is 0 Å². The highest BCUT2D eigenvalue weighted by molar-refractivity contribution is 5.78. The first kappa shape index (κ1) is 14.9. The summed E-state index contributed by atoms with van der Waals surface area (Å²) in [7, 11) is 0. The molecule has 118 valence electrons. The molecule has 0 radical (unpaired) electrons. The minimum Gasteiger partial charge on any atom is -0.467 e. The van der Waals surface area contributed by atoms with E-state index in [-0.39, 0.29) is 0 Å². The van der Waals surface area contributed by atoms with Gasteiger partial charge in [-0.3, -0.25) is 0 Å². The van der Waals surface area contributed by atoms with Gasteiger partial charge in [0.15, 0.2) is 11.6 Å². The predicted molar refractivity (Wildman–Crippen MR) is 91.7 cm³/mol. The van der Waals surface area contributed by atoms with Crippen LogP contribution in [0.3, 0.4) is 0 Å². The van der Waals surface area contributed by atoms with Gasteiger partial charge in [-0.25, -0.2) is 9.97 Å². The zero-order valence-electron chi connectivity index (χ0n) is 13.1. The zero-order valence-corrected chi connectivity index (χ0v) is 13.1. The summed E-state index contributed by atoms with van der Waals surface area (Å²) in [6.07, 6.45) is 3.11. The highest BCUT2D eigenvalue weighted by Crippen LogP contribution is 2.28. The Morgan fingerprint density at radius 1 is 1.13 bits per heavy atom. The number of aryl methyl sites for hydroxylation is 2. The molecule has 0 saturated heterocycles. The Morgan fingerprint density at radius 2 is 1.96 bits per heavy atom. The summed E-state index contributed by atoms with van der Waals surface area (Å²) in [6.45, 7) is 4.59. The number of aromatic nitrogens is 2. The fraction of sp³-hybridized carbons (Fsp3) is 0.176. The van der Waals surface area contributed by atoms with Crippen LogP contribution in [0.2, 0.25) is 0 Å². The maximum atomic E-state index is 6.18. The molecule has 0 spiro atoms. The molecule has 2 heterocycles. The zero-order chi connectivity index (χ0) is 16.2. The first-order chi connectivity index (χ1) is 11.1. The molecule has 0 amide bonds. The molecule has 3 aromatic rings. The summed E-state index contributed by atoms with van der Waals surface area (Å²) in [5.41, 5.74) is 9.92. The van der Waals surface area contributed by atoms with E-state index in [4.69, 9.17) is 10.2 Å². The van der Waals surface area contributed by atoms with Gasteiger partial charge in [-0.2, -0.15) is 0 Å². The number of nitrogens with one attached hydrogen (secondary N) is 2. The quantitative estimate of drug-likeness (QED) is 0.667. The fourth-order valence-corrected chi connectivity index (χ4v) is 2.22. The number of rotatable bonds is 5. The van der Waals surface area contributed by atoms with Crippen molar-refractivity contribution in [2.24, 2.45) is 0 Å². The Balaban J connectivity index is 1.80. The molecule has 0 atom stereocenters.